The Bertz CT molecular complexity index is 496. The average Bonchev–Trinajstić information content (AvgIpc) is 3.10. The van der Waals surface area contributed by atoms with Gasteiger partial charge in [-0.1, -0.05) is 6.92 Å². The zero-order chi connectivity index (χ0) is 18.1. The number of ether oxygens (including phenoxy) is 1. The van der Waals surface area contributed by atoms with Gasteiger partial charge in [-0.05, 0) is 49.6 Å². The van der Waals surface area contributed by atoms with E-state index >= 15 is 0 Å². The summed E-state index contributed by atoms with van der Waals surface area (Å²) >= 11 is 1.75. The summed E-state index contributed by atoms with van der Waals surface area (Å²) in [7, 11) is 0. The van der Waals surface area contributed by atoms with Crippen LogP contribution in [0.3, 0.4) is 0 Å². The van der Waals surface area contributed by atoms with Crippen LogP contribution in [-0.4, -0.2) is 62.3 Å². The van der Waals surface area contributed by atoms with Crippen LogP contribution in [0.15, 0.2) is 21.8 Å². The van der Waals surface area contributed by atoms with Gasteiger partial charge in [-0.3, -0.25) is 9.89 Å². The van der Waals surface area contributed by atoms with Crippen molar-refractivity contribution in [2.75, 3.05) is 39.3 Å². The van der Waals surface area contributed by atoms with Crippen molar-refractivity contribution in [3.63, 3.8) is 0 Å². The third kappa shape index (κ3) is 7.34. The fourth-order valence-electron chi connectivity index (χ4n) is 3.21. The Morgan fingerprint density at radius 3 is 2.76 bits per heavy atom. The van der Waals surface area contributed by atoms with Gasteiger partial charge in [0.25, 0.3) is 0 Å². The summed E-state index contributed by atoms with van der Waals surface area (Å²) in [6, 6.07) is 2.19. The van der Waals surface area contributed by atoms with E-state index in [4.69, 9.17) is 9.73 Å². The Morgan fingerprint density at radius 2 is 2.12 bits per heavy atom. The largest absolute Gasteiger partial charge is 0.373 e. The van der Waals surface area contributed by atoms with Crippen LogP contribution in [0.5, 0.6) is 0 Å². The maximum absolute atomic E-state index is 5.79. The van der Waals surface area contributed by atoms with Crippen LogP contribution in [0.2, 0.25) is 0 Å². The number of morpholine rings is 1. The van der Waals surface area contributed by atoms with Crippen LogP contribution in [-0.2, 0) is 4.74 Å². The van der Waals surface area contributed by atoms with E-state index in [1.807, 2.05) is 0 Å². The van der Waals surface area contributed by atoms with Gasteiger partial charge in [-0.2, -0.15) is 11.3 Å². The van der Waals surface area contributed by atoms with Crippen molar-refractivity contribution in [3.8, 4) is 0 Å². The van der Waals surface area contributed by atoms with Crippen LogP contribution >= 0.6 is 11.3 Å². The van der Waals surface area contributed by atoms with Crippen molar-refractivity contribution >= 4 is 17.3 Å². The minimum atomic E-state index is 0.342. The highest BCUT2D eigenvalue weighted by atomic mass is 32.1. The molecule has 0 spiro atoms. The summed E-state index contributed by atoms with van der Waals surface area (Å²) in [5.74, 6) is 1.38. The molecule has 3 unspecified atom stereocenters. The molecule has 0 amide bonds. The first-order chi connectivity index (χ1) is 12.1. The number of thiophene rings is 1. The summed E-state index contributed by atoms with van der Waals surface area (Å²) in [5, 5.41) is 11.2. The normalized spacial score (nSPS) is 23.4. The third-order valence-electron chi connectivity index (χ3n) is 4.42. The van der Waals surface area contributed by atoms with E-state index in [9.17, 15) is 0 Å². The standard InChI is InChI=1S/C19H34N4OS/c1-5-20-19(22-11-15(2)18-7-10-25-14-18)21-8-6-9-23-12-16(3)24-17(4)13-23/h7,10,14-17H,5-6,8-9,11-13H2,1-4H3,(H2,20,21,22). The van der Waals surface area contributed by atoms with Gasteiger partial charge in [-0.25, -0.2) is 0 Å². The lowest BCUT2D eigenvalue weighted by atomic mass is 10.1. The predicted molar refractivity (Wildman–Crippen MR) is 108 cm³/mol. The molecule has 0 saturated carbocycles. The molecule has 25 heavy (non-hydrogen) atoms. The van der Waals surface area contributed by atoms with Crippen LogP contribution < -0.4 is 10.6 Å². The molecular formula is C19H34N4OS. The van der Waals surface area contributed by atoms with E-state index in [-0.39, 0.29) is 0 Å². The Balaban J connectivity index is 1.70. The monoisotopic (exact) mass is 366 g/mol. The molecule has 3 atom stereocenters. The molecule has 1 aliphatic rings. The minimum Gasteiger partial charge on any atom is -0.373 e. The zero-order valence-corrected chi connectivity index (χ0v) is 16.9. The van der Waals surface area contributed by atoms with Crippen molar-refractivity contribution in [2.45, 2.75) is 52.2 Å². The highest BCUT2D eigenvalue weighted by molar-refractivity contribution is 7.07. The van der Waals surface area contributed by atoms with Gasteiger partial charge >= 0.3 is 0 Å². The van der Waals surface area contributed by atoms with Crippen molar-refractivity contribution in [2.24, 2.45) is 4.99 Å². The maximum Gasteiger partial charge on any atom is 0.191 e. The molecule has 1 aromatic heterocycles. The van der Waals surface area contributed by atoms with Crippen molar-refractivity contribution in [1.82, 2.24) is 15.5 Å². The highest BCUT2D eigenvalue weighted by Crippen LogP contribution is 2.18. The van der Waals surface area contributed by atoms with Gasteiger partial charge in [0, 0.05) is 45.2 Å². The van der Waals surface area contributed by atoms with Crippen LogP contribution in [0, 0.1) is 0 Å². The first-order valence-corrected chi connectivity index (χ1v) is 10.4. The molecule has 6 heteroatoms. The smallest absolute Gasteiger partial charge is 0.191 e. The molecule has 1 saturated heterocycles. The van der Waals surface area contributed by atoms with E-state index in [2.05, 4.69) is 60.1 Å². The van der Waals surface area contributed by atoms with Gasteiger partial charge in [0.05, 0.1) is 12.2 Å². The van der Waals surface area contributed by atoms with Crippen LogP contribution in [0.4, 0.5) is 0 Å². The Hall–Kier alpha value is -1.11. The van der Waals surface area contributed by atoms with E-state index in [1.54, 1.807) is 11.3 Å². The van der Waals surface area contributed by atoms with Gasteiger partial charge in [0.2, 0.25) is 0 Å². The molecule has 0 bridgehead atoms. The van der Waals surface area contributed by atoms with E-state index in [0.717, 1.165) is 51.6 Å². The Labute approximate surface area is 156 Å². The summed E-state index contributed by atoms with van der Waals surface area (Å²) in [6.07, 6.45) is 1.80. The molecule has 0 aliphatic carbocycles. The first kappa shape index (κ1) is 20.2. The molecule has 5 nitrogen and oxygen atoms in total. The molecule has 0 aromatic carbocycles. The molecule has 2 N–H and O–H groups in total. The van der Waals surface area contributed by atoms with Crippen LogP contribution in [0.1, 0.15) is 45.6 Å². The molecule has 1 fully saturated rings. The van der Waals surface area contributed by atoms with E-state index in [1.165, 1.54) is 5.56 Å². The number of rotatable bonds is 8. The Morgan fingerprint density at radius 1 is 1.36 bits per heavy atom. The molecular weight excluding hydrogens is 332 g/mol. The number of nitrogens with zero attached hydrogens (tertiary/aromatic N) is 2. The predicted octanol–water partition coefficient (Wildman–Crippen LogP) is 2.91. The number of nitrogens with one attached hydrogen (secondary N) is 2. The summed E-state index contributed by atoms with van der Waals surface area (Å²) in [5.41, 5.74) is 1.38. The Kier molecular flexibility index (Phi) is 8.72. The van der Waals surface area contributed by atoms with E-state index < -0.39 is 0 Å². The van der Waals surface area contributed by atoms with E-state index in [0.29, 0.717) is 18.1 Å². The molecule has 142 valence electrons. The minimum absolute atomic E-state index is 0.342. The van der Waals surface area contributed by atoms with Gasteiger partial charge in [0.15, 0.2) is 5.96 Å². The second kappa shape index (κ2) is 10.8. The molecule has 1 aromatic rings. The lowest BCUT2D eigenvalue weighted by Gasteiger charge is -2.35. The highest BCUT2D eigenvalue weighted by Gasteiger charge is 2.21. The number of hydrogen-bond donors (Lipinski definition) is 2. The number of hydrogen-bond acceptors (Lipinski definition) is 4. The fourth-order valence-corrected chi connectivity index (χ4v) is 3.99. The number of aliphatic imine (C=N–C) groups is 1. The van der Waals surface area contributed by atoms with Crippen molar-refractivity contribution in [3.05, 3.63) is 22.4 Å². The summed E-state index contributed by atoms with van der Waals surface area (Å²) in [6.45, 7) is 14.5. The lowest BCUT2D eigenvalue weighted by Crippen LogP contribution is -2.46. The SMILES string of the molecule is CCNC(=NCC(C)c1ccsc1)NCCCN1CC(C)OC(C)C1. The summed E-state index contributed by atoms with van der Waals surface area (Å²) < 4.78 is 5.79. The lowest BCUT2D eigenvalue weighted by molar-refractivity contribution is -0.0679. The molecule has 2 rings (SSSR count). The van der Waals surface area contributed by atoms with Gasteiger partial charge in [0.1, 0.15) is 0 Å². The average molecular weight is 367 g/mol. The zero-order valence-electron chi connectivity index (χ0n) is 16.1. The van der Waals surface area contributed by atoms with Crippen molar-refractivity contribution in [1.29, 1.82) is 0 Å². The quantitative estimate of drug-likeness (QED) is 0.422. The van der Waals surface area contributed by atoms with Gasteiger partial charge < -0.3 is 15.4 Å². The second-order valence-corrected chi connectivity index (χ2v) is 7.75. The van der Waals surface area contributed by atoms with Crippen molar-refractivity contribution < 1.29 is 4.74 Å². The molecule has 0 radical (unpaired) electrons. The molecule has 1 aliphatic heterocycles. The fraction of sp³-hybridized carbons (Fsp3) is 0.737. The first-order valence-electron chi connectivity index (χ1n) is 9.50. The van der Waals surface area contributed by atoms with Crippen LogP contribution in [0.25, 0.3) is 0 Å². The molecule has 2 heterocycles. The third-order valence-corrected chi connectivity index (χ3v) is 5.12. The summed E-state index contributed by atoms with van der Waals surface area (Å²) in [4.78, 5) is 7.25. The number of guanidine groups is 1. The topological polar surface area (TPSA) is 48.9 Å². The van der Waals surface area contributed by atoms with Gasteiger partial charge in [-0.15, -0.1) is 0 Å². The maximum atomic E-state index is 5.79. The second-order valence-electron chi connectivity index (χ2n) is 6.97.